The van der Waals surface area contributed by atoms with Gasteiger partial charge in [0.25, 0.3) is 0 Å². The topological polar surface area (TPSA) is 68.2 Å². The van der Waals surface area contributed by atoms with Crippen molar-refractivity contribution in [2.75, 3.05) is 27.0 Å². The van der Waals surface area contributed by atoms with Gasteiger partial charge in [-0.15, -0.1) is 5.92 Å². The third kappa shape index (κ3) is 4.33. The van der Waals surface area contributed by atoms with Crippen molar-refractivity contribution < 1.29 is 24.1 Å². The fraction of sp³-hybridized carbons (Fsp3) is 0.400. The van der Waals surface area contributed by atoms with E-state index in [1.54, 1.807) is 7.11 Å². The van der Waals surface area contributed by atoms with E-state index in [0.29, 0.717) is 24.6 Å². The average molecular weight is 421 g/mol. The molecule has 1 N–H and O–H groups in total. The van der Waals surface area contributed by atoms with Gasteiger partial charge in [-0.1, -0.05) is 31.0 Å². The molecule has 2 aromatic carbocycles. The van der Waals surface area contributed by atoms with Crippen LogP contribution in [-0.2, 0) is 4.79 Å². The number of ether oxygens (including phenoxy) is 3. The first-order valence-corrected chi connectivity index (χ1v) is 10.6. The monoisotopic (exact) mass is 421 g/mol. The van der Waals surface area contributed by atoms with E-state index >= 15 is 0 Å². The minimum atomic E-state index is -0.812. The maximum absolute atomic E-state index is 12.5. The maximum atomic E-state index is 12.5. The van der Waals surface area contributed by atoms with E-state index in [-0.39, 0.29) is 18.8 Å². The van der Waals surface area contributed by atoms with Crippen LogP contribution in [0.5, 0.6) is 17.2 Å². The first-order valence-electron chi connectivity index (χ1n) is 10.6. The lowest BCUT2D eigenvalue weighted by Crippen LogP contribution is -2.29. The molecule has 162 valence electrons. The van der Waals surface area contributed by atoms with Gasteiger partial charge in [0.1, 0.15) is 5.75 Å². The minimum Gasteiger partial charge on any atom is -0.497 e. The van der Waals surface area contributed by atoms with Crippen molar-refractivity contribution in [3.63, 3.8) is 0 Å². The molecule has 31 heavy (non-hydrogen) atoms. The number of rotatable bonds is 6. The van der Waals surface area contributed by atoms with Crippen LogP contribution in [0.3, 0.4) is 0 Å². The third-order valence-electron chi connectivity index (χ3n) is 5.95. The Balaban J connectivity index is 1.70. The zero-order chi connectivity index (χ0) is 21.8. The predicted molar refractivity (Wildman–Crippen MR) is 116 cm³/mol. The number of methoxy groups -OCH3 is 1. The van der Waals surface area contributed by atoms with Crippen molar-refractivity contribution in [3.05, 3.63) is 53.6 Å². The Kier molecular flexibility index (Phi) is 6.34. The molecular weight excluding hydrogens is 394 g/mol. The van der Waals surface area contributed by atoms with E-state index in [1.165, 1.54) is 0 Å². The molecule has 0 bridgehead atoms. The number of hydrogen-bond acceptors (Lipinski definition) is 5. The fourth-order valence-electron chi connectivity index (χ4n) is 4.44. The van der Waals surface area contributed by atoms with Gasteiger partial charge in [0.15, 0.2) is 11.5 Å². The molecule has 2 aliphatic rings. The second-order valence-electron chi connectivity index (χ2n) is 7.83. The zero-order valence-corrected chi connectivity index (χ0v) is 17.8. The summed E-state index contributed by atoms with van der Waals surface area (Å²) in [6.07, 6.45) is 1.85. The number of nitrogens with zero attached hydrogens (tertiary/aromatic N) is 1. The predicted octanol–water partition coefficient (Wildman–Crippen LogP) is 4.07. The van der Waals surface area contributed by atoms with E-state index in [0.717, 1.165) is 29.7 Å². The van der Waals surface area contributed by atoms with Gasteiger partial charge >= 0.3 is 5.97 Å². The van der Waals surface area contributed by atoms with Gasteiger partial charge in [-0.2, -0.15) is 0 Å². The van der Waals surface area contributed by atoms with Crippen molar-refractivity contribution in [3.8, 4) is 29.1 Å². The van der Waals surface area contributed by atoms with E-state index in [9.17, 15) is 9.90 Å². The van der Waals surface area contributed by atoms with Crippen LogP contribution in [0.25, 0.3) is 0 Å². The van der Waals surface area contributed by atoms with Gasteiger partial charge in [0.2, 0.25) is 6.79 Å². The van der Waals surface area contributed by atoms with Crippen molar-refractivity contribution in [1.29, 1.82) is 0 Å². The van der Waals surface area contributed by atoms with Gasteiger partial charge in [0, 0.05) is 24.9 Å². The molecule has 1 fully saturated rings. The summed E-state index contributed by atoms with van der Waals surface area (Å²) in [5.74, 6) is 6.93. The van der Waals surface area contributed by atoms with Crippen molar-refractivity contribution >= 4 is 5.97 Å². The normalized spacial score (nSPS) is 22.1. The van der Waals surface area contributed by atoms with Crippen LogP contribution in [0, 0.1) is 17.8 Å². The van der Waals surface area contributed by atoms with Crippen LogP contribution >= 0.6 is 0 Å². The molecule has 0 aromatic heterocycles. The molecule has 0 unspecified atom stereocenters. The van der Waals surface area contributed by atoms with E-state index < -0.39 is 11.9 Å². The number of hydrogen-bond donors (Lipinski definition) is 1. The first kappa shape index (κ1) is 21.1. The maximum Gasteiger partial charge on any atom is 0.309 e. The van der Waals surface area contributed by atoms with Gasteiger partial charge in [0.05, 0.1) is 19.6 Å². The minimum absolute atomic E-state index is 0.188. The molecule has 2 aliphatic heterocycles. The van der Waals surface area contributed by atoms with E-state index in [1.807, 2.05) is 42.5 Å². The number of benzene rings is 2. The van der Waals surface area contributed by atoms with Gasteiger partial charge in [-0.3, -0.25) is 9.69 Å². The summed E-state index contributed by atoms with van der Waals surface area (Å²) in [5, 5.41) is 10.3. The Morgan fingerprint density at radius 2 is 1.87 bits per heavy atom. The molecule has 2 heterocycles. The highest BCUT2D eigenvalue weighted by atomic mass is 16.7. The second-order valence-corrected chi connectivity index (χ2v) is 7.83. The Morgan fingerprint density at radius 1 is 1.13 bits per heavy atom. The molecule has 0 radical (unpaired) electrons. The molecule has 4 rings (SSSR count). The molecule has 1 saturated heterocycles. The summed E-state index contributed by atoms with van der Waals surface area (Å²) in [5.41, 5.74) is 1.90. The summed E-state index contributed by atoms with van der Waals surface area (Å²) >= 11 is 0. The largest absolute Gasteiger partial charge is 0.497 e. The second kappa shape index (κ2) is 9.32. The quantitative estimate of drug-likeness (QED) is 0.710. The van der Waals surface area contributed by atoms with Crippen LogP contribution in [0.2, 0.25) is 0 Å². The highest BCUT2D eigenvalue weighted by Gasteiger charge is 2.47. The van der Waals surface area contributed by atoms with Crippen LogP contribution < -0.4 is 14.2 Å². The molecule has 3 atom stereocenters. The molecule has 0 saturated carbocycles. The van der Waals surface area contributed by atoms with Gasteiger partial charge in [-0.25, -0.2) is 0 Å². The highest BCUT2D eigenvalue weighted by Crippen LogP contribution is 2.47. The van der Waals surface area contributed by atoms with Gasteiger partial charge in [-0.05, 0) is 41.8 Å². The summed E-state index contributed by atoms with van der Waals surface area (Å²) in [6, 6.07) is 13.1. The molecule has 0 amide bonds. The van der Waals surface area contributed by atoms with Gasteiger partial charge < -0.3 is 19.3 Å². The Bertz CT molecular complexity index is 991. The average Bonchev–Trinajstić information content (AvgIpc) is 3.41. The van der Waals surface area contributed by atoms with Crippen LogP contribution in [0.1, 0.15) is 42.9 Å². The van der Waals surface area contributed by atoms with Crippen molar-refractivity contribution in [2.24, 2.45) is 5.92 Å². The summed E-state index contributed by atoms with van der Waals surface area (Å²) < 4.78 is 16.2. The standard InChI is InChI=1S/C25H27NO5/c1-3-4-5-6-13-26-15-20(18-9-12-21-22(14-18)31-16-30-21)23(25(27)28)24(26)17-7-10-19(29-2)11-8-17/h7-12,14,20,23-24H,3-4,13,15-16H2,1-2H3,(H,27,28)/t20-,23+,24-/m1/s1. The highest BCUT2D eigenvalue weighted by molar-refractivity contribution is 5.74. The number of carboxylic acids is 1. The molecule has 6 nitrogen and oxygen atoms in total. The molecular formula is C25H27NO5. The lowest BCUT2D eigenvalue weighted by Gasteiger charge is -2.26. The molecule has 2 aromatic rings. The summed E-state index contributed by atoms with van der Waals surface area (Å²) in [6.45, 7) is 3.43. The smallest absolute Gasteiger partial charge is 0.309 e. The molecule has 6 heteroatoms. The Hall–Kier alpha value is -3.17. The number of carboxylic acid groups (broad SMARTS) is 1. The number of unbranched alkanes of at least 4 members (excludes halogenated alkanes) is 1. The van der Waals surface area contributed by atoms with E-state index in [2.05, 4.69) is 23.7 Å². The zero-order valence-electron chi connectivity index (χ0n) is 17.8. The van der Waals surface area contributed by atoms with Crippen LogP contribution in [0.15, 0.2) is 42.5 Å². The summed E-state index contributed by atoms with van der Waals surface area (Å²) in [7, 11) is 1.62. The molecule has 0 aliphatic carbocycles. The van der Waals surface area contributed by atoms with Crippen LogP contribution in [0.4, 0.5) is 0 Å². The third-order valence-corrected chi connectivity index (χ3v) is 5.95. The van der Waals surface area contributed by atoms with Crippen molar-refractivity contribution in [2.45, 2.75) is 31.7 Å². The Labute approximate surface area is 182 Å². The number of carbonyl (C=O) groups is 1. The number of fused-ring (bicyclic) bond motifs is 1. The Morgan fingerprint density at radius 3 is 2.58 bits per heavy atom. The number of aliphatic carboxylic acids is 1. The lowest BCUT2D eigenvalue weighted by atomic mass is 9.82. The van der Waals surface area contributed by atoms with E-state index in [4.69, 9.17) is 14.2 Å². The first-order chi connectivity index (χ1) is 15.1. The van der Waals surface area contributed by atoms with Crippen LogP contribution in [-0.4, -0.2) is 43.0 Å². The molecule has 0 spiro atoms. The van der Waals surface area contributed by atoms with Crippen molar-refractivity contribution in [1.82, 2.24) is 4.90 Å². The lowest BCUT2D eigenvalue weighted by molar-refractivity contribution is -0.143. The fourth-order valence-corrected chi connectivity index (χ4v) is 4.44. The summed E-state index contributed by atoms with van der Waals surface area (Å²) in [4.78, 5) is 14.7. The SMILES string of the molecule is CCCC#CCN1C[C@H](c2ccc3c(c2)OCO3)[C@H](C(=O)O)[C@H]1c1ccc(OC)cc1. The number of likely N-dealkylation sites (tertiary alicyclic amines) is 1.